The Labute approximate surface area is 113 Å². The number of hydrogen-bond donors (Lipinski definition) is 1. The van der Waals surface area contributed by atoms with Crippen LogP contribution in [-0.2, 0) is 6.42 Å². The van der Waals surface area contributed by atoms with E-state index in [0.717, 1.165) is 12.8 Å². The minimum absolute atomic E-state index is 0.125. The first-order valence-electron chi connectivity index (χ1n) is 6.97. The summed E-state index contributed by atoms with van der Waals surface area (Å²) >= 11 is 0. The van der Waals surface area contributed by atoms with Gasteiger partial charge in [-0.2, -0.15) is 0 Å². The molecule has 0 aliphatic carbocycles. The van der Waals surface area contributed by atoms with Crippen LogP contribution < -0.4 is 10.6 Å². The Bertz CT molecular complexity index is 425. The van der Waals surface area contributed by atoms with Crippen LogP contribution in [0.4, 0.5) is 14.5 Å². The first kappa shape index (κ1) is 14.3. The van der Waals surface area contributed by atoms with E-state index in [1.54, 1.807) is 0 Å². The Morgan fingerprint density at radius 3 is 2.42 bits per heavy atom. The average Bonchev–Trinajstić information content (AvgIpc) is 2.33. The highest BCUT2D eigenvalue weighted by molar-refractivity contribution is 5.52. The van der Waals surface area contributed by atoms with E-state index in [0.29, 0.717) is 31.0 Å². The summed E-state index contributed by atoms with van der Waals surface area (Å²) in [6.07, 6.45) is 2.59. The molecule has 0 aromatic heterocycles. The van der Waals surface area contributed by atoms with Gasteiger partial charge in [0.05, 0.1) is 0 Å². The lowest BCUT2D eigenvalue weighted by Crippen LogP contribution is -2.42. The maximum Gasteiger partial charge on any atom is 0.149 e. The molecule has 4 heteroatoms. The van der Waals surface area contributed by atoms with E-state index >= 15 is 0 Å². The van der Waals surface area contributed by atoms with Gasteiger partial charge in [-0.1, -0.05) is 6.92 Å². The summed E-state index contributed by atoms with van der Waals surface area (Å²) < 4.78 is 28.4. The van der Waals surface area contributed by atoms with Crippen molar-refractivity contribution in [2.24, 2.45) is 11.7 Å². The quantitative estimate of drug-likeness (QED) is 0.912. The molecular formula is C15H22F2N2. The third kappa shape index (κ3) is 3.06. The molecule has 1 aliphatic heterocycles. The Balaban J connectivity index is 2.33. The number of piperidine rings is 1. The summed E-state index contributed by atoms with van der Waals surface area (Å²) in [4.78, 5) is 1.87. The lowest BCUT2D eigenvalue weighted by atomic mass is 9.94. The number of nitrogens with zero attached hydrogens (tertiary/aromatic N) is 1. The lowest BCUT2D eigenvalue weighted by Gasteiger charge is -2.38. The second-order valence-corrected chi connectivity index (χ2v) is 5.63. The van der Waals surface area contributed by atoms with Gasteiger partial charge in [0, 0.05) is 12.6 Å². The molecule has 2 atom stereocenters. The van der Waals surface area contributed by atoms with Crippen molar-refractivity contribution in [1.29, 1.82) is 0 Å². The molecule has 2 rings (SSSR count). The second kappa shape index (κ2) is 5.87. The van der Waals surface area contributed by atoms with Crippen LogP contribution in [0.2, 0.25) is 0 Å². The van der Waals surface area contributed by atoms with Crippen LogP contribution in [0.25, 0.3) is 0 Å². The van der Waals surface area contributed by atoms with Crippen molar-refractivity contribution in [2.45, 2.75) is 39.2 Å². The first-order chi connectivity index (χ1) is 9.02. The maximum atomic E-state index is 14.2. The summed E-state index contributed by atoms with van der Waals surface area (Å²) in [6.45, 7) is 5.26. The standard InChI is InChI=1S/C15H22F2N2/c1-10-3-4-11(2)19(9-10)15-13(16)7-12(5-6-18)8-14(15)17/h7-8,10-11H,3-6,9,18H2,1-2H3. The minimum atomic E-state index is -0.468. The van der Waals surface area contributed by atoms with E-state index < -0.39 is 11.6 Å². The number of rotatable bonds is 3. The maximum absolute atomic E-state index is 14.2. The van der Waals surface area contributed by atoms with Gasteiger partial charge in [-0.05, 0) is 56.3 Å². The molecule has 2 nitrogen and oxygen atoms in total. The smallest absolute Gasteiger partial charge is 0.149 e. The minimum Gasteiger partial charge on any atom is -0.364 e. The fourth-order valence-electron chi connectivity index (χ4n) is 2.80. The number of benzene rings is 1. The third-order valence-corrected chi connectivity index (χ3v) is 3.91. The van der Waals surface area contributed by atoms with Gasteiger partial charge in [0.15, 0.2) is 0 Å². The number of hydrogen-bond acceptors (Lipinski definition) is 2. The van der Waals surface area contributed by atoms with Crippen LogP contribution in [-0.4, -0.2) is 19.1 Å². The highest BCUT2D eigenvalue weighted by Gasteiger charge is 2.27. The molecule has 19 heavy (non-hydrogen) atoms. The van der Waals surface area contributed by atoms with Crippen molar-refractivity contribution in [3.8, 4) is 0 Å². The van der Waals surface area contributed by atoms with Crippen LogP contribution in [0.5, 0.6) is 0 Å². The SMILES string of the molecule is CC1CCC(C)N(c2c(F)cc(CCN)cc2F)C1. The molecule has 1 saturated heterocycles. The van der Waals surface area contributed by atoms with Crippen molar-refractivity contribution in [3.05, 3.63) is 29.3 Å². The Morgan fingerprint density at radius 2 is 1.84 bits per heavy atom. The molecule has 0 amide bonds. The lowest BCUT2D eigenvalue weighted by molar-refractivity contribution is 0.382. The molecule has 0 spiro atoms. The van der Waals surface area contributed by atoms with E-state index in [1.165, 1.54) is 12.1 Å². The number of nitrogens with two attached hydrogens (primary N) is 1. The van der Waals surface area contributed by atoms with E-state index in [2.05, 4.69) is 6.92 Å². The average molecular weight is 268 g/mol. The predicted molar refractivity (Wildman–Crippen MR) is 74.3 cm³/mol. The highest BCUT2D eigenvalue weighted by atomic mass is 19.1. The molecule has 0 bridgehead atoms. The van der Waals surface area contributed by atoms with Gasteiger partial charge >= 0.3 is 0 Å². The molecule has 1 aromatic rings. The van der Waals surface area contributed by atoms with Crippen molar-refractivity contribution in [2.75, 3.05) is 18.0 Å². The van der Waals surface area contributed by atoms with Crippen LogP contribution in [0.1, 0.15) is 32.3 Å². The summed E-state index contributed by atoms with van der Waals surface area (Å²) in [7, 11) is 0. The molecule has 106 valence electrons. The molecule has 1 aliphatic rings. The molecule has 0 radical (unpaired) electrons. The zero-order valence-corrected chi connectivity index (χ0v) is 11.6. The highest BCUT2D eigenvalue weighted by Crippen LogP contribution is 2.32. The third-order valence-electron chi connectivity index (χ3n) is 3.91. The Kier molecular flexibility index (Phi) is 4.40. The van der Waals surface area contributed by atoms with E-state index in [-0.39, 0.29) is 11.7 Å². The van der Waals surface area contributed by atoms with Crippen molar-refractivity contribution >= 4 is 5.69 Å². The molecule has 1 aromatic carbocycles. The molecule has 1 heterocycles. The van der Waals surface area contributed by atoms with Crippen LogP contribution >= 0.6 is 0 Å². The van der Waals surface area contributed by atoms with Crippen LogP contribution in [0.3, 0.4) is 0 Å². The van der Waals surface area contributed by atoms with E-state index in [4.69, 9.17) is 5.73 Å². The zero-order valence-electron chi connectivity index (χ0n) is 11.6. The molecule has 1 fully saturated rings. The summed E-state index contributed by atoms with van der Waals surface area (Å²) in [5.74, 6) is -0.465. The summed E-state index contributed by atoms with van der Waals surface area (Å²) in [5, 5.41) is 0. The van der Waals surface area contributed by atoms with Crippen molar-refractivity contribution in [1.82, 2.24) is 0 Å². The van der Waals surface area contributed by atoms with Crippen LogP contribution in [0, 0.1) is 17.6 Å². The molecule has 0 saturated carbocycles. The molecule has 2 unspecified atom stereocenters. The largest absolute Gasteiger partial charge is 0.364 e. The van der Waals surface area contributed by atoms with E-state index in [1.807, 2.05) is 11.8 Å². The van der Waals surface area contributed by atoms with Crippen molar-refractivity contribution in [3.63, 3.8) is 0 Å². The fourth-order valence-corrected chi connectivity index (χ4v) is 2.80. The summed E-state index contributed by atoms with van der Waals surface area (Å²) in [5.41, 5.74) is 6.18. The second-order valence-electron chi connectivity index (χ2n) is 5.63. The monoisotopic (exact) mass is 268 g/mol. The molecule has 2 N–H and O–H groups in total. The normalized spacial score (nSPS) is 23.7. The van der Waals surface area contributed by atoms with Crippen LogP contribution in [0.15, 0.2) is 12.1 Å². The predicted octanol–water partition coefficient (Wildman–Crippen LogP) is 3.09. The van der Waals surface area contributed by atoms with Gasteiger partial charge < -0.3 is 10.6 Å². The Morgan fingerprint density at radius 1 is 1.21 bits per heavy atom. The van der Waals surface area contributed by atoms with Gasteiger partial charge in [0.25, 0.3) is 0 Å². The zero-order chi connectivity index (χ0) is 14.0. The van der Waals surface area contributed by atoms with Gasteiger partial charge in [-0.3, -0.25) is 0 Å². The van der Waals surface area contributed by atoms with E-state index in [9.17, 15) is 8.78 Å². The van der Waals surface area contributed by atoms with Gasteiger partial charge in [0.2, 0.25) is 0 Å². The van der Waals surface area contributed by atoms with Gasteiger partial charge in [0.1, 0.15) is 17.3 Å². The van der Waals surface area contributed by atoms with Gasteiger partial charge in [-0.15, -0.1) is 0 Å². The molecular weight excluding hydrogens is 246 g/mol. The first-order valence-corrected chi connectivity index (χ1v) is 6.97. The van der Waals surface area contributed by atoms with Crippen molar-refractivity contribution < 1.29 is 8.78 Å². The van der Waals surface area contributed by atoms with Gasteiger partial charge in [-0.25, -0.2) is 8.78 Å². The topological polar surface area (TPSA) is 29.3 Å². The number of anilines is 1. The summed E-state index contributed by atoms with van der Waals surface area (Å²) in [6, 6.07) is 3.01. The number of halogens is 2. The fraction of sp³-hybridized carbons (Fsp3) is 0.600. The Hall–Kier alpha value is -1.16.